The molecule has 0 rings (SSSR count). The topological polar surface area (TPSA) is 12.0 Å². The third kappa shape index (κ3) is 6.81. The minimum atomic E-state index is 1.10. The van der Waals surface area contributed by atoms with Crippen molar-refractivity contribution >= 4 is 22.9 Å². The van der Waals surface area contributed by atoms with Crippen molar-refractivity contribution in [2.75, 3.05) is 6.54 Å². The van der Waals surface area contributed by atoms with Crippen molar-refractivity contribution in [3.8, 4) is 0 Å². The van der Waals surface area contributed by atoms with Crippen molar-refractivity contribution in [1.82, 2.24) is 3.53 Å². The molecule has 0 amide bonds. The van der Waals surface area contributed by atoms with Crippen LogP contribution in [-0.4, -0.2) is 6.54 Å². The van der Waals surface area contributed by atoms with Gasteiger partial charge in [0, 0.05) is 29.4 Å². The van der Waals surface area contributed by atoms with Crippen LogP contribution in [0, 0.1) is 0 Å². The Morgan fingerprint density at radius 3 is 2.64 bits per heavy atom. The Bertz CT molecular complexity index is 110. The van der Waals surface area contributed by atoms with Crippen LogP contribution in [0.25, 0.3) is 0 Å². The minimum Gasteiger partial charge on any atom is -0.261 e. The first-order valence-corrected chi connectivity index (χ1v) is 5.44. The normalized spacial score (nSPS) is 12.1. The Kier molecular flexibility index (Phi) is 8.86. The van der Waals surface area contributed by atoms with Crippen LogP contribution >= 0.6 is 22.9 Å². The predicted octanol–water partition coefficient (Wildman–Crippen LogP) is 3.45. The van der Waals surface area contributed by atoms with Crippen molar-refractivity contribution in [3.05, 3.63) is 11.6 Å². The Labute approximate surface area is 84.1 Å². The molecular formula is C9H18IN. The molecule has 0 spiro atoms. The van der Waals surface area contributed by atoms with Gasteiger partial charge in [-0.25, -0.2) is 0 Å². The van der Waals surface area contributed by atoms with Crippen LogP contribution in [0.2, 0.25) is 0 Å². The largest absolute Gasteiger partial charge is 0.261 e. The van der Waals surface area contributed by atoms with E-state index in [0.29, 0.717) is 0 Å². The zero-order valence-electron chi connectivity index (χ0n) is 7.49. The van der Waals surface area contributed by atoms with Crippen molar-refractivity contribution in [2.24, 2.45) is 0 Å². The van der Waals surface area contributed by atoms with E-state index in [0.717, 1.165) is 6.54 Å². The van der Waals surface area contributed by atoms with Gasteiger partial charge in [-0.15, -0.1) is 0 Å². The molecule has 0 aliphatic heterocycles. The molecule has 0 atom stereocenters. The fraction of sp³-hybridized carbons (Fsp3) is 0.778. The highest BCUT2D eigenvalue weighted by atomic mass is 127. The number of nitrogens with one attached hydrogen (secondary N) is 1. The smallest absolute Gasteiger partial charge is 0.0169 e. The SMILES string of the molecule is CCC/C=C(/CC)CCNI. The van der Waals surface area contributed by atoms with Crippen LogP contribution < -0.4 is 3.53 Å². The van der Waals surface area contributed by atoms with Gasteiger partial charge in [0.05, 0.1) is 0 Å². The second-order valence-electron chi connectivity index (χ2n) is 2.64. The predicted molar refractivity (Wildman–Crippen MR) is 59.9 cm³/mol. The summed E-state index contributed by atoms with van der Waals surface area (Å²) in [6.45, 7) is 5.55. The number of allylic oxidation sites excluding steroid dienone is 1. The Balaban J connectivity index is 3.55. The van der Waals surface area contributed by atoms with Gasteiger partial charge in [-0.1, -0.05) is 31.9 Å². The number of halogens is 1. The Hall–Kier alpha value is 0.430. The van der Waals surface area contributed by atoms with Crippen LogP contribution in [0.4, 0.5) is 0 Å². The molecule has 2 heteroatoms. The number of hydrogen-bond donors (Lipinski definition) is 1. The highest BCUT2D eigenvalue weighted by molar-refractivity contribution is 14.1. The molecule has 0 aliphatic carbocycles. The van der Waals surface area contributed by atoms with Crippen molar-refractivity contribution in [1.29, 1.82) is 0 Å². The average molecular weight is 267 g/mol. The minimum absolute atomic E-state index is 1.10. The molecule has 0 bridgehead atoms. The zero-order chi connectivity index (χ0) is 8.53. The van der Waals surface area contributed by atoms with Gasteiger partial charge in [-0.05, 0) is 19.3 Å². The summed E-state index contributed by atoms with van der Waals surface area (Å²) >= 11 is 2.20. The fourth-order valence-electron chi connectivity index (χ4n) is 0.979. The van der Waals surface area contributed by atoms with Gasteiger partial charge in [-0.2, -0.15) is 0 Å². The maximum absolute atomic E-state index is 3.14. The number of rotatable bonds is 6. The lowest BCUT2D eigenvalue weighted by Gasteiger charge is -2.02. The first-order valence-electron chi connectivity index (χ1n) is 4.36. The fourth-order valence-corrected chi connectivity index (χ4v) is 1.25. The van der Waals surface area contributed by atoms with Crippen LogP contribution in [0.15, 0.2) is 11.6 Å². The standard InChI is InChI=1S/C9H18IN/c1-3-5-6-9(4-2)7-8-11-10/h6,11H,3-5,7-8H2,1-2H3/b9-6-. The first kappa shape index (κ1) is 11.4. The van der Waals surface area contributed by atoms with Gasteiger partial charge in [0.2, 0.25) is 0 Å². The van der Waals surface area contributed by atoms with Crippen molar-refractivity contribution in [2.45, 2.75) is 39.5 Å². The molecule has 1 nitrogen and oxygen atoms in total. The van der Waals surface area contributed by atoms with Gasteiger partial charge in [0.1, 0.15) is 0 Å². The quantitative estimate of drug-likeness (QED) is 0.441. The highest BCUT2D eigenvalue weighted by Crippen LogP contribution is 2.07. The van der Waals surface area contributed by atoms with Gasteiger partial charge >= 0.3 is 0 Å². The van der Waals surface area contributed by atoms with Gasteiger partial charge in [0.25, 0.3) is 0 Å². The molecule has 1 N–H and O–H groups in total. The molecule has 0 aliphatic rings. The van der Waals surface area contributed by atoms with E-state index in [2.05, 4.69) is 46.3 Å². The molecule has 0 aromatic carbocycles. The van der Waals surface area contributed by atoms with E-state index in [9.17, 15) is 0 Å². The van der Waals surface area contributed by atoms with E-state index in [1.165, 1.54) is 25.7 Å². The zero-order valence-corrected chi connectivity index (χ0v) is 9.65. The van der Waals surface area contributed by atoms with E-state index in [-0.39, 0.29) is 0 Å². The molecule has 0 aromatic rings. The Morgan fingerprint density at radius 1 is 1.45 bits per heavy atom. The van der Waals surface area contributed by atoms with E-state index in [4.69, 9.17) is 0 Å². The maximum atomic E-state index is 3.14. The summed E-state index contributed by atoms with van der Waals surface area (Å²) in [7, 11) is 0. The Morgan fingerprint density at radius 2 is 2.18 bits per heavy atom. The van der Waals surface area contributed by atoms with E-state index >= 15 is 0 Å². The maximum Gasteiger partial charge on any atom is 0.0169 e. The van der Waals surface area contributed by atoms with Crippen molar-refractivity contribution in [3.63, 3.8) is 0 Å². The van der Waals surface area contributed by atoms with Crippen LogP contribution in [0.1, 0.15) is 39.5 Å². The third-order valence-corrected chi connectivity index (χ3v) is 2.26. The van der Waals surface area contributed by atoms with Crippen LogP contribution in [0.3, 0.4) is 0 Å². The molecule has 0 saturated carbocycles. The lowest BCUT2D eigenvalue weighted by atomic mass is 10.1. The summed E-state index contributed by atoms with van der Waals surface area (Å²) in [5.74, 6) is 0. The van der Waals surface area contributed by atoms with E-state index in [1.807, 2.05) is 0 Å². The number of unbranched alkanes of at least 4 members (excludes halogenated alkanes) is 1. The second kappa shape index (κ2) is 8.53. The van der Waals surface area contributed by atoms with E-state index < -0.39 is 0 Å². The summed E-state index contributed by atoms with van der Waals surface area (Å²) < 4.78 is 3.14. The first-order chi connectivity index (χ1) is 5.35. The lowest BCUT2D eigenvalue weighted by molar-refractivity contribution is 0.846. The molecule has 0 radical (unpaired) electrons. The molecule has 0 fully saturated rings. The lowest BCUT2D eigenvalue weighted by Crippen LogP contribution is -2.00. The monoisotopic (exact) mass is 267 g/mol. The average Bonchev–Trinajstić information content (AvgIpc) is 2.05. The third-order valence-electron chi connectivity index (χ3n) is 1.72. The summed E-state index contributed by atoms with van der Waals surface area (Å²) in [6, 6.07) is 0. The molecule has 0 unspecified atom stereocenters. The summed E-state index contributed by atoms with van der Waals surface area (Å²) in [4.78, 5) is 0. The highest BCUT2D eigenvalue weighted by Gasteiger charge is 1.91. The van der Waals surface area contributed by atoms with Gasteiger partial charge in [0.15, 0.2) is 0 Å². The molecule has 66 valence electrons. The number of hydrogen-bond acceptors (Lipinski definition) is 1. The summed E-state index contributed by atoms with van der Waals surface area (Å²) in [6.07, 6.45) is 7.30. The second-order valence-corrected chi connectivity index (χ2v) is 3.40. The molecule has 11 heavy (non-hydrogen) atoms. The van der Waals surface area contributed by atoms with Gasteiger partial charge < -0.3 is 0 Å². The summed E-state index contributed by atoms with van der Waals surface area (Å²) in [5.41, 5.74) is 1.59. The van der Waals surface area contributed by atoms with Gasteiger partial charge in [-0.3, -0.25) is 3.53 Å². The molecule has 0 heterocycles. The van der Waals surface area contributed by atoms with E-state index in [1.54, 1.807) is 5.57 Å². The van der Waals surface area contributed by atoms with Crippen LogP contribution in [-0.2, 0) is 0 Å². The van der Waals surface area contributed by atoms with Crippen molar-refractivity contribution < 1.29 is 0 Å². The molecule has 0 aromatic heterocycles. The molecular weight excluding hydrogens is 249 g/mol. The summed E-state index contributed by atoms with van der Waals surface area (Å²) in [5, 5.41) is 0. The molecule has 0 saturated heterocycles. The van der Waals surface area contributed by atoms with Crippen LogP contribution in [0.5, 0.6) is 0 Å².